The molecule has 6 heteroatoms. The van der Waals surface area contributed by atoms with Crippen molar-refractivity contribution in [3.63, 3.8) is 0 Å². The first-order chi connectivity index (χ1) is 8.60. The summed E-state index contributed by atoms with van der Waals surface area (Å²) in [5.41, 5.74) is 1.83. The molecule has 0 atom stereocenters. The number of aromatic nitrogens is 2. The molecule has 1 aromatic carbocycles. The van der Waals surface area contributed by atoms with Crippen LogP contribution in [-0.2, 0) is 0 Å². The predicted molar refractivity (Wildman–Crippen MR) is 76.9 cm³/mol. The van der Waals surface area contributed by atoms with Gasteiger partial charge < -0.3 is 5.32 Å². The minimum atomic E-state index is 0.0367. The van der Waals surface area contributed by atoms with Crippen molar-refractivity contribution in [2.45, 2.75) is 0 Å². The van der Waals surface area contributed by atoms with Gasteiger partial charge in [-0.2, -0.15) is 4.98 Å². The van der Waals surface area contributed by atoms with Gasteiger partial charge in [-0.25, -0.2) is 4.98 Å². The number of anilines is 2. The highest BCUT2D eigenvalue weighted by atomic mass is 35.5. The van der Waals surface area contributed by atoms with E-state index >= 15 is 0 Å². The topological polar surface area (TPSA) is 37.8 Å². The first-order valence-corrected chi connectivity index (χ1v) is 6.11. The molecular weight excluding hydrogens is 293 g/mol. The smallest absolute Gasteiger partial charge is 0.225 e. The zero-order valence-electron chi connectivity index (χ0n) is 9.12. The molecule has 0 saturated heterocycles. The summed E-state index contributed by atoms with van der Waals surface area (Å²) < 4.78 is 0. The van der Waals surface area contributed by atoms with E-state index in [0.717, 1.165) is 11.3 Å². The zero-order chi connectivity index (χ0) is 13.1. The Kier molecular flexibility index (Phi) is 4.07. The van der Waals surface area contributed by atoms with Gasteiger partial charge in [0.05, 0.1) is 0 Å². The lowest BCUT2D eigenvalue weighted by molar-refractivity contribution is 1.17. The molecule has 0 amide bonds. The second-order valence-electron chi connectivity index (χ2n) is 3.40. The molecule has 92 valence electrons. The minimum absolute atomic E-state index is 0.0367. The van der Waals surface area contributed by atoms with Gasteiger partial charge >= 0.3 is 0 Å². The molecule has 0 bridgehead atoms. The summed E-state index contributed by atoms with van der Waals surface area (Å²) in [6, 6.07) is 7.57. The molecule has 0 spiro atoms. The number of hydrogen-bond donors (Lipinski definition) is 1. The summed E-state index contributed by atoms with van der Waals surface area (Å²) >= 11 is 17.5. The van der Waals surface area contributed by atoms with Crippen LogP contribution in [0, 0.1) is 0 Å². The van der Waals surface area contributed by atoms with E-state index in [9.17, 15) is 0 Å². The van der Waals surface area contributed by atoms with Crippen LogP contribution in [0.25, 0.3) is 6.08 Å². The second kappa shape index (κ2) is 5.57. The van der Waals surface area contributed by atoms with Crippen molar-refractivity contribution in [3.05, 3.63) is 51.9 Å². The molecule has 0 unspecified atom stereocenters. The maximum absolute atomic E-state index is 5.98. The van der Waals surface area contributed by atoms with Crippen molar-refractivity contribution in [1.29, 1.82) is 0 Å². The molecule has 0 aliphatic heterocycles. The molecular formula is C12H8Cl3N3. The average molecular weight is 301 g/mol. The van der Waals surface area contributed by atoms with Gasteiger partial charge in [0.15, 0.2) is 11.0 Å². The third-order valence-corrected chi connectivity index (χ3v) is 3.09. The summed E-state index contributed by atoms with van der Waals surface area (Å²) in [5.74, 6) is 0.369. The SMILES string of the molecule is C=Cc1ccc(Nc2nc(Cl)nc(Cl)c2Cl)cc1. The molecule has 0 fully saturated rings. The molecule has 18 heavy (non-hydrogen) atoms. The van der Waals surface area contributed by atoms with Gasteiger partial charge in [0.25, 0.3) is 0 Å². The van der Waals surface area contributed by atoms with Gasteiger partial charge in [-0.15, -0.1) is 0 Å². The quantitative estimate of drug-likeness (QED) is 0.652. The van der Waals surface area contributed by atoms with E-state index in [0.29, 0.717) is 5.82 Å². The summed E-state index contributed by atoms with van der Waals surface area (Å²) in [6.45, 7) is 3.68. The Bertz CT molecular complexity index is 582. The highest BCUT2D eigenvalue weighted by Crippen LogP contribution is 2.30. The van der Waals surface area contributed by atoms with Crippen molar-refractivity contribution in [2.75, 3.05) is 5.32 Å². The molecule has 0 aliphatic carbocycles. The lowest BCUT2D eigenvalue weighted by Gasteiger charge is -2.08. The standard InChI is InChI=1S/C12H8Cl3N3/c1-2-7-3-5-8(6-4-7)16-11-9(13)10(14)17-12(15)18-11/h2-6H,1H2,(H,16,17,18). The van der Waals surface area contributed by atoms with Crippen molar-refractivity contribution in [2.24, 2.45) is 0 Å². The van der Waals surface area contributed by atoms with E-state index in [4.69, 9.17) is 34.8 Å². The first kappa shape index (κ1) is 13.1. The normalized spacial score (nSPS) is 10.2. The molecule has 0 radical (unpaired) electrons. The van der Waals surface area contributed by atoms with Crippen molar-refractivity contribution >= 4 is 52.4 Å². The van der Waals surface area contributed by atoms with Crippen molar-refractivity contribution in [3.8, 4) is 0 Å². The summed E-state index contributed by atoms with van der Waals surface area (Å²) in [7, 11) is 0. The van der Waals surface area contributed by atoms with Gasteiger partial charge in [-0.1, -0.05) is 48.0 Å². The average Bonchev–Trinajstić information content (AvgIpc) is 2.36. The lowest BCUT2D eigenvalue weighted by Crippen LogP contribution is -1.97. The highest BCUT2D eigenvalue weighted by Gasteiger charge is 2.10. The molecule has 1 aromatic heterocycles. The van der Waals surface area contributed by atoms with E-state index < -0.39 is 0 Å². The van der Waals surface area contributed by atoms with Crippen LogP contribution in [0.15, 0.2) is 30.8 Å². The van der Waals surface area contributed by atoms with Crippen LogP contribution in [0.5, 0.6) is 0 Å². The first-order valence-electron chi connectivity index (χ1n) is 4.98. The maximum Gasteiger partial charge on any atom is 0.225 e. The van der Waals surface area contributed by atoms with Gasteiger partial charge in [-0.3, -0.25) is 0 Å². The van der Waals surface area contributed by atoms with Gasteiger partial charge in [-0.05, 0) is 29.3 Å². The second-order valence-corrected chi connectivity index (χ2v) is 4.47. The molecule has 0 aliphatic rings. The van der Waals surface area contributed by atoms with Crippen LogP contribution in [0.3, 0.4) is 0 Å². The Labute approximate surface area is 119 Å². The van der Waals surface area contributed by atoms with Crippen LogP contribution in [0.4, 0.5) is 11.5 Å². The molecule has 2 rings (SSSR count). The highest BCUT2D eigenvalue weighted by molar-refractivity contribution is 6.43. The molecule has 1 heterocycles. The Morgan fingerprint density at radius 2 is 1.72 bits per heavy atom. The number of benzene rings is 1. The van der Waals surface area contributed by atoms with Crippen molar-refractivity contribution in [1.82, 2.24) is 9.97 Å². The molecule has 1 N–H and O–H groups in total. The number of halogens is 3. The van der Waals surface area contributed by atoms with E-state index in [-0.39, 0.29) is 15.5 Å². The summed E-state index contributed by atoms with van der Waals surface area (Å²) in [4.78, 5) is 7.72. The van der Waals surface area contributed by atoms with Gasteiger partial charge in [0, 0.05) is 5.69 Å². The van der Waals surface area contributed by atoms with Crippen LogP contribution in [-0.4, -0.2) is 9.97 Å². The Hall–Kier alpha value is -1.29. The number of nitrogens with zero attached hydrogens (tertiary/aromatic N) is 2. The lowest BCUT2D eigenvalue weighted by atomic mass is 10.2. The third kappa shape index (κ3) is 2.93. The van der Waals surface area contributed by atoms with Crippen LogP contribution in [0.1, 0.15) is 5.56 Å². The molecule has 0 saturated carbocycles. The van der Waals surface area contributed by atoms with E-state index in [2.05, 4.69) is 21.9 Å². The summed E-state index contributed by atoms with van der Waals surface area (Å²) in [6.07, 6.45) is 1.76. The van der Waals surface area contributed by atoms with Crippen LogP contribution < -0.4 is 5.32 Å². The zero-order valence-corrected chi connectivity index (χ0v) is 11.4. The summed E-state index contributed by atoms with van der Waals surface area (Å²) in [5, 5.41) is 3.40. The van der Waals surface area contributed by atoms with E-state index in [1.807, 2.05) is 24.3 Å². The Morgan fingerprint density at radius 3 is 2.33 bits per heavy atom. The molecule has 2 aromatic rings. The Morgan fingerprint density at radius 1 is 1.06 bits per heavy atom. The fourth-order valence-corrected chi connectivity index (χ4v) is 1.83. The third-order valence-electron chi connectivity index (χ3n) is 2.19. The largest absolute Gasteiger partial charge is 0.339 e. The predicted octanol–water partition coefficient (Wildman–Crippen LogP) is 4.82. The number of nitrogens with one attached hydrogen (secondary N) is 1. The number of hydrogen-bond acceptors (Lipinski definition) is 3. The van der Waals surface area contributed by atoms with Gasteiger partial charge in [0.1, 0.15) is 5.02 Å². The monoisotopic (exact) mass is 299 g/mol. The van der Waals surface area contributed by atoms with E-state index in [1.165, 1.54) is 0 Å². The fraction of sp³-hybridized carbons (Fsp3) is 0. The van der Waals surface area contributed by atoms with Crippen LogP contribution in [0.2, 0.25) is 15.5 Å². The number of rotatable bonds is 3. The van der Waals surface area contributed by atoms with Crippen molar-refractivity contribution < 1.29 is 0 Å². The molecule has 3 nitrogen and oxygen atoms in total. The minimum Gasteiger partial charge on any atom is -0.339 e. The van der Waals surface area contributed by atoms with Gasteiger partial charge in [0.2, 0.25) is 5.28 Å². The van der Waals surface area contributed by atoms with E-state index in [1.54, 1.807) is 6.08 Å². The van der Waals surface area contributed by atoms with Crippen LogP contribution >= 0.6 is 34.8 Å². The fourth-order valence-electron chi connectivity index (χ4n) is 1.32. The maximum atomic E-state index is 5.98. The Balaban J connectivity index is 2.30.